The van der Waals surface area contributed by atoms with Gasteiger partial charge in [-0.25, -0.2) is 9.50 Å². The van der Waals surface area contributed by atoms with Gasteiger partial charge in [-0.2, -0.15) is 5.10 Å². The van der Waals surface area contributed by atoms with E-state index in [2.05, 4.69) is 34.6 Å². The van der Waals surface area contributed by atoms with E-state index in [1.807, 2.05) is 41.0 Å². The molecule has 0 aliphatic rings. The van der Waals surface area contributed by atoms with Crippen molar-refractivity contribution in [2.45, 2.75) is 11.6 Å². The van der Waals surface area contributed by atoms with Crippen LogP contribution in [0.3, 0.4) is 0 Å². The zero-order valence-corrected chi connectivity index (χ0v) is 16.8. The molecule has 0 fully saturated rings. The molecule has 1 amide bonds. The molecule has 0 spiro atoms. The number of hydrogen-bond acceptors (Lipinski definition) is 5. The van der Waals surface area contributed by atoms with Gasteiger partial charge in [0.05, 0.1) is 29.8 Å². The number of nitrogens with one attached hydrogen (secondary N) is 1. The number of fused-ring (bicyclic) bond motifs is 2. The van der Waals surface area contributed by atoms with Gasteiger partial charge in [0.25, 0.3) is 0 Å². The van der Waals surface area contributed by atoms with Crippen LogP contribution in [0.25, 0.3) is 27.5 Å². The molecular weight excluding hydrogens is 396 g/mol. The first-order valence-electron chi connectivity index (χ1n) is 9.52. The fraction of sp³-hybridized carbons (Fsp3) is 0.0870. The quantitative estimate of drug-likeness (QED) is 0.413. The zero-order chi connectivity index (χ0) is 20.3. The summed E-state index contributed by atoms with van der Waals surface area (Å²) in [6.07, 6.45) is 5.12. The molecule has 1 N–H and O–H groups in total. The maximum Gasteiger partial charge on any atom is 0.230 e. The number of rotatable bonds is 6. The van der Waals surface area contributed by atoms with E-state index in [9.17, 15) is 4.79 Å². The molecule has 30 heavy (non-hydrogen) atoms. The summed E-state index contributed by atoms with van der Waals surface area (Å²) in [5, 5.41) is 10.7. The minimum atomic E-state index is -0.0750. The number of benzene rings is 2. The van der Waals surface area contributed by atoms with Gasteiger partial charge in [-0.1, -0.05) is 54.2 Å². The smallest absolute Gasteiger partial charge is 0.230 e. The Balaban J connectivity index is 1.38. The first kappa shape index (κ1) is 18.4. The van der Waals surface area contributed by atoms with Gasteiger partial charge in [-0.05, 0) is 29.0 Å². The van der Waals surface area contributed by atoms with Gasteiger partial charge in [0, 0.05) is 18.0 Å². The summed E-state index contributed by atoms with van der Waals surface area (Å²) in [6, 6.07) is 20.1. The van der Waals surface area contributed by atoms with Crippen LogP contribution in [0.4, 0.5) is 0 Å². The average Bonchev–Trinajstić information content (AvgIpc) is 3.45. The molecule has 148 valence electrons. The third-order valence-electron chi connectivity index (χ3n) is 4.80. The van der Waals surface area contributed by atoms with Gasteiger partial charge < -0.3 is 9.73 Å². The van der Waals surface area contributed by atoms with Gasteiger partial charge in [-0.15, -0.1) is 0 Å². The molecule has 0 radical (unpaired) electrons. The minimum Gasteiger partial charge on any atom is -0.467 e. The summed E-state index contributed by atoms with van der Waals surface area (Å²) in [5.41, 5.74) is 2.83. The first-order chi connectivity index (χ1) is 14.8. The molecule has 7 heteroatoms. The van der Waals surface area contributed by atoms with Crippen molar-refractivity contribution in [1.82, 2.24) is 19.9 Å². The molecule has 5 aromatic rings. The third kappa shape index (κ3) is 3.67. The van der Waals surface area contributed by atoms with E-state index < -0.39 is 0 Å². The Bertz CT molecular complexity index is 1320. The summed E-state index contributed by atoms with van der Waals surface area (Å²) in [6.45, 7) is 0.377. The van der Waals surface area contributed by atoms with Crippen LogP contribution in [0.15, 0.2) is 88.8 Å². The molecule has 2 aromatic carbocycles. The van der Waals surface area contributed by atoms with Crippen molar-refractivity contribution >= 4 is 34.0 Å². The van der Waals surface area contributed by atoms with E-state index in [1.165, 1.54) is 17.1 Å². The molecule has 0 bridgehead atoms. The van der Waals surface area contributed by atoms with Crippen LogP contribution in [0.2, 0.25) is 0 Å². The van der Waals surface area contributed by atoms with Crippen molar-refractivity contribution in [1.29, 1.82) is 0 Å². The lowest BCUT2D eigenvalue weighted by Crippen LogP contribution is -2.24. The molecule has 0 saturated heterocycles. The Labute approximate surface area is 176 Å². The Morgan fingerprint density at radius 2 is 2.00 bits per heavy atom. The van der Waals surface area contributed by atoms with Crippen LogP contribution >= 0.6 is 11.8 Å². The normalized spacial score (nSPS) is 11.2. The Hall–Kier alpha value is -3.58. The molecule has 5 rings (SSSR count). The number of amides is 1. The highest BCUT2D eigenvalue weighted by atomic mass is 32.2. The summed E-state index contributed by atoms with van der Waals surface area (Å²) in [4.78, 5) is 16.7. The highest BCUT2D eigenvalue weighted by molar-refractivity contribution is 8.00. The Morgan fingerprint density at radius 1 is 1.10 bits per heavy atom. The number of carbonyl (C=O) groups excluding carboxylic acids is 1. The van der Waals surface area contributed by atoms with Crippen LogP contribution < -0.4 is 5.32 Å². The highest BCUT2D eigenvalue weighted by Crippen LogP contribution is 2.30. The molecule has 0 unspecified atom stereocenters. The topological polar surface area (TPSA) is 72.4 Å². The Morgan fingerprint density at radius 3 is 2.90 bits per heavy atom. The average molecular weight is 414 g/mol. The van der Waals surface area contributed by atoms with Crippen LogP contribution in [-0.2, 0) is 11.3 Å². The molecule has 3 heterocycles. The largest absolute Gasteiger partial charge is 0.467 e. The summed E-state index contributed by atoms with van der Waals surface area (Å²) < 4.78 is 7.05. The molecular formula is C23H18N4O2S. The molecule has 0 aliphatic heterocycles. The van der Waals surface area contributed by atoms with Crippen molar-refractivity contribution < 1.29 is 9.21 Å². The second-order valence-corrected chi connectivity index (χ2v) is 7.73. The van der Waals surface area contributed by atoms with Crippen LogP contribution in [-0.4, -0.2) is 26.3 Å². The predicted octanol–water partition coefficient (Wildman–Crippen LogP) is 4.55. The van der Waals surface area contributed by atoms with E-state index >= 15 is 0 Å². The lowest BCUT2D eigenvalue weighted by molar-refractivity contribution is -0.118. The van der Waals surface area contributed by atoms with Gasteiger partial charge in [0.15, 0.2) is 0 Å². The van der Waals surface area contributed by atoms with Crippen LogP contribution in [0, 0.1) is 0 Å². The fourth-order valence-electron chi connectivity index (χ4n) is 3.37. The number of hydrogen-bond donors (Lipinski definition) is 1. The molecule has 3 aromatic heterocycles. The fourth-order valence-corrected chi connectivity index (χ4v) is 4.18. The van der Waals surface area contributed by atoms with Gasteiger partial charge in [0.2, 0.25) is 5.91 Å². The summed E-state index contributed by atoms with van der Waals surface area (Å²) in [5.74, 6) is 0.917. The van der Waals surface area contributed by atoms with Gasteiger partial charge in [0.1, 0.15) is 10.8 Å². The SMILES string of the molecule is O=C(CSc1nccn2nc(-c3cccc4ccccc34)cc12)NCc1ccco1. The maximum atomic E-state index is 12.2. The minimum absolute atomic E-state index is 0.0750. The van der Waals surface area contributed by atoms with E-state index in [-0.39, 0.29) is 11.7 Å². The number of furan rings is 1. The van der Waals surface area contributed by atoms with E-state index in [0.717, 1.165) is 32.9 Å². The summed E-state index contributed by atoms with van der Waals surface area (Å²) >= 11 is 1.39. The molecule has 0 saturated carbocycles. The van der Waals surface area contributed by atoms with Crippen molar-refractivity contribution in [2.75, 3.05) is 5.75 Å². The molecule has 0 aliphatic carbocycles. The predicted molar refractivity (Wildman–Crippen MR) is 117 cm³/mol. The standard InChI is InChI=1S/C23H18N4O2S/c28-22(25-14-17-7-4-12-29-17)15-30-23-21-13-20(26-27(21)11-10-24-23)19-9-3-6-16-5-1-2-8-18(16)19/h1-13H,14-15H2,(H,25,28). The van der Waals surface area contributed by atoms with Crippen molar-refractivity contribution in [2.24, 2.45) is 0 Å². The van der Waals surface area contributed by atoms with Crippen LogP contribution in [0.1, 0.15) is 5.76 Å². The lowest BCUT2D eigenvalue weighted by Gasteiger charge is -2.04. The maximum absolute atomic E-state index is 12.2. The van der Waals surface area contributed by atoms with Crippen LogP contribution in [0.5, 0.6) is 0 Å². The number of nitrogens with zero attached hydrogens (tertiary/aromatic N) is 3. The monoisotopic (exact) mass is 414 g/mol. The second kappa shape index (κ2) is 8.04. The van der Waals surface area contributed by atoms with Crippen molar-refractivity contribution in [3.63, 3.8) is 0 Å². The van der Waals surface area contributed by atoms with E-state index in [0.29, 0.717) is 6.54 Å². The molecule has 6 nitrogen and oxygen atoms in total. The Kier molecular flexibility index (Phi) is 4.94. The number of carbonyl (C=O) groups is 1. The zero-order valence-electron chi connectivity index (χ0n) is 16.0. The van der Waals surface area contributed by atoms with E-state index in [1.54, 1.807) is 18.5 Å². The lowest BCUT2D eigenvalue weighted by atomic mass is 10.0. The van der Waals surface area contributed by atoms with Crippen molar-refractivity contribution in [3.8, 4) is 11.3 Å². The summed E-state index contributed by atoms with van der Waals surface area (Å²) in [7, 11) is 0. The van der Waals surface area contributed by atoms with Gasteiger partial charge >= 0.3 is 0 Å². The molecule has 0 atom stereocenters. The van der Waals surface area contributed by atoms with Gasteiger partial charge in [-0.3, -0.25) is 4.79 Å². The number of aromatic nitrogens is 3. The van der Waals surface area contributed by atoms with Crippen molar-refractivity contribution in [3.05, 3.63) is 85.1 Å². The number of thioether (sulfide) groups is 1. The highest BCUT2D eigenvalue weighted by Gasteiger charge is 2.13. The third-order valence-corrected chi connectivity index (χ3v) is 5.79. The first-order valence-corrected chi connectivity index (χ1v) is 10.5. The van der Waals surface area contributed by atoms with E-state index in [4.69, 9.17) is 9.52 Å². The second-order valence-electron chi connectivity index (χ2n) is 6.76.